The standard InChI is InChI=1S/C23H32N4O3/c1-5-19-20(23(29)30-4)16(2)21(25-19)22(28)26(3)18-10-14-27(15-11-18)13-9-17-8-6-7-12-24-17/h6-8,12,18,25H,5,9-11,13-15H2,1-4H3. The molecule has 3 rings (SSSR count). The van der Waals surface area contributed by atoms with Gasteiger partial charge in [-0.1, -0.05) is 13.0 Å². The quantitative estimate of drug-likeness (QED) is 0.708. The van der Waals surface area contributed by atoms with Gasteiger partial charge in [0, 0.05) is 56.7 Å². The maximum absolute atomic E-state index is 13.2. The SMILES string of the molecule is CCc1[nH]c(C(=O)N(C)C2CCN(CCc3ccccn3)CC2)c(C)c1C(=O)OC. The van der Waals surface area contributed by atoms with E-state index in [0.717, 1.165) is 50.3 Å². The molecule has 1 aliphatic heterocycles. The second-order valence-corrected chi connectivity index (χ2v) is 7.88. The van der Waals surface area contributed by atoms with Gasteiger partial charge in [-0.3, -0.25) is 9.78 Å². The number of methoxy groups -OCH3 is 1. The van der Waals surface area contributed by atoms with E-state index < -0.39 is 5.97 Å². The van der Waals surface area contributed by atoms with Gasteiger partial charge in [0.15, 0.2) is 0 Å². The molecule has 0 aliphatic carbocycles. The topological polar surface area (TPSA) is 78.5 Å². The molecule has 2 aromatic heterocycles. The van der Waals surface area contributed by atoms with Crippen molar-refractivity contribution >= 4 is 11.9 Å². The van der Waals surface area contributed by atoms with Crippen molar-refractivity contribution < 1.29 is 14.3 Å². The molecule has 2 aromatic rings. The minimum atomic E-state index is -0.400. The van der Waals surface area contributed by atoms with Crippen LogP contribution in [0.4, 0.5) is 0 Å². The first-order valence-corrected chi connectivity index (χ1v) is 10.6. The van der Waals surface area contributed by atoms with E-state index >= 15 is 0 Å². The molecule has 0 atom stereocenters. The maximum atomic E-state index is 13.2. The highest BCUT2D eigenvalue weighted by molar-refractivity contribution is 6.00. The Hall–Kier alpha value is -2.67. The van der Waals surface area contributed by atoms with Crippen LogP contribution < -0.4 is 0 Å². The van der Waals surface area contributed by atoms with Gasteiger partial charge >= 0.3 is 5.97 Å². The number of ether oxygens (including phenoxy) is 1. The van der Waals surface area contributed by atoms with Crippen LogP contribution in [0.25, 0.3) is 0 Å². The van der Waals surface area contributed by atoms with Crippen molar-refractivity contribution in [2.24, 2.45) is 0 Å². The van der Waals surface area contributed by atoms with Crippen LogP contribution in [0.2, 0.25) is 0 Å². The molecular formula is C23H32N4O3. The second-order valence-electron chi connectivity index (χ2n) is 7.88. The summed E-state index contributed by atoms with van der Waals surface area (Å²) in [5.41, 5.74) is 3.51. The summed E-state index contributed by atoms with van der Waals surface area (Å²) in [6, 6.07) is 6.21. The van der Waals surface area contributed by atoms with Crippen molar-refractivity contribution in [3.05, 3.63) is 52.6 Å². The first-order valence-electron chi connectivity index (χ1n) is 10.6. The summed E-state index contributed by atoms with van der Waals surface area (Å²) in [4.78, 5) is 37.1. The number of hydrogen-bond acceptors (Lipinski definition) is 5. The van der Waals surface area contributed by atoms with Gasteiger partial charge in [0.2, 0.25) is 0 Å². The highest BCUT2D eigenvalue weighted by Crippen LogP contribution is 2.24. The fourth-order valence-electron chi connectivity index (χ4n) is 4.21. The molecule has 0 aromatic carbocycles. The fourth-order valence-corrected chi connectivity index (χ4v) is 4.21. The summed E-state index contributed by atoms with van der Waals surface area (Å²) in [7, 11) is 3.23. The van der Waals surface area contributed by atoms with Crippen LogP contribution in [0.1, 0.15) is 57.6 Å². The number of aromatic amines is 1. The Kier molecular flexibility index (Phi) is 7.26. The lowest BCUT2D eigenvalue weighted by molar-refractivity contribution is 0.0599. The van der Waals surface area contributed by atoms with Crippen molar-refractivity contribution in [1.82, 2.24) is 19.8 Å². The summed E-state index contributed by atoms with van der Waals surface area (Å²) in [6.07, 6.45) is 5.29. The zero-order chi connectivity index (χ0) is 21.7. The molecule has 0 bridgehead atoms. The minimum Gasteiger partial charge on any atom is -0.465 e. The Bertz CT molecular complexity index is 870. The van der Waals surface area contributed by atoms with E-state index in [1.807, 2.05) is 44.1 Å². The monoisotopic (exact) mass is 412 g/mol. The fraction of sp³-hybridized carbons (Fsp3) is 0.522. The number of carbonyl (C=O) groups excluding carboxylic acids is 2. The number of aromatic nitrogens is 2. The average Bonchev–Trinajstić information content (AvgIpc) is 3.13. The number of aryl methyl sites for hydroxylation is 1. The smallest absolute Gasteiger partial charge is 0.339 e. The molecule has 1 fully saturated rings. The zero-order valence-corrected chi connectivity index (χ0v) is 18.4. The Balaban J connectivity index is 1.60. The third kappa shape index (κ3) is 4.73. The van der Waals surface area contributed by atoms with Crippen molar-refractivity contribution in [2.75, 3.05) is 33.8 Å². The van der Waals surface area contributed by atoms with Crippen LogP contribution >= 0.6 is 0 Å². The molecule has 1 aliphatic rings. The van der Waals surface area contributed by atoms with Gasteiger partial charge in [-0.15, -0.1) is 0 Å². The Labute approximate surface area is 178 Å². The van der Waals surface area contributed by atoms with Crippen LogP contribution in [-0.2, 0) is 17.6 Å². The normalized spacial score (nSPS) is 15.2. The Morgan fingerprint density at radius 2 is 2.03 bits per heavy atom. The molecule has 0 radical (unpaired) electrons. The first kappa shape index (κ1) is 22.0. The molecule has 30 heavy (non-hydrogen) atoms. The van der Waals surface area contributed by atoms with Gasteiger partial charge in [-0.2, -0.15) is 0 Å². The van der Waals surface area contributed by atoms with Crippen LogP contribution in [0.3, 0.4) is 0 Å². The molecule has 7 heteroatoms. The summed E-state index contributed by atoms with van der Waals surface area (Å²) >= 11 is 0. The van der Waals surface area contributed by atoms with Crippen molar-refractivity contribution in [3.63, 3.8) is 0 Å². The molecule has 1 amide bonds. The summed E-state index contributed by atoms with van der Waals surface area (Å²) in [6.45, 7) is 6.68. The number of piperidine rings is 1. The van der Waals surface area contributed by atoms with Gasteiger partial charge < -0.3 is 19.5 Å². The number of esters is 1. The third-order valence-corrected chi connectivity index (χ3v) is 6.12. The third-order valence-electron chi connectivity index (χ3n) is 6.12. The van der Waals surface area contributed by atoms with Gasteiger partial charge in [-0.05, 0) is 43.9 Å². The second kappa shape index (κ2) is 9.89. The van der Waals surface area contributed by atoms with E-state index in [1.165, 1.54) is 7.11 Å². The van der Waals surface area contributed by atoms with Crippen molar-refractivity contribution in [3.8, 4) is 0 Å². The molecule has 1 N–H and O–H groups in total. The molecule has 0 saturated carbocycles. The largest absolute Gasteiger partial charge is 0.465 e. The number of H-pyrrole nitrogens is 1. The van der Waals surface area contributed by atoms with E-state index in [1.54, 1.807) is 0 Å². The lowest BCUT2D eigenvalue weighted by Gasteiger charge is -2.36. The predicted octanol–water partition coefficient (Wildman–Crippen LogP) is 2.85. The van der Waals surface area contributed by atoms with Gasteiger partial charge in [-0.25, -0.2) is 4.79 Å². The van der Waals surface area contributed by atoms with Crippen LogP contribution in [0.5, 0.6) is 0 Å². The van der Waals surface area contributed by atoms with Gasteiger partial charge in [0.25, 0.3) is 5.91 Å². The molecule has 1 saturated heterocycles. The number of nitrogens with zero attached hydrogens (tertiary/aromatic N) is 3. The number of likely N-dealkylation sites (tertiary alicyclic amines) is 1. The van der Waals surface area contributed by atoms with E-state index in [4.69, 9.17) is 4.74 Å². The van der Waals surface area contributed by atoms with Gasteiger partial charge in [0.05, 0.1) is 12.7 Å². The highest BCUT2D eigenvalue weighted by Gasteiger charge is 2.30. The molecule has 7 nitrogen and oxygen atoms in total. The zero-order valence-electron chi connectivity index (χ0n) is 18.4. The maximum Gasteiger partial charge on any atom is 0.339 e. The lowest BCUT2D eigenvalue weighted by atomic mass is 10.0. The highest BCUT2D eigenvalue weighted by atomic mass is 16.5. The van der Waals surface area contributed by atoms with Crippen LogP contribution in [0, 0.1) is 6.92 Å². The van der Waals surface area contributed by atoms with E-state index in [0.29, 0.717) is 23.2 Å². The van der Waals surface area contributed by atoms with Crippen LogP contribution in [0.15, 0.2) is 24.4 Å². The number of nitrogens with one attached hydrogen (secondary N) is 1. The minimum absolute atomic E-state index is 0.0655. The molecule has 0 spiro atoms. The van der Waals surface area contributed by atoms with Crippen LogP contribution in [-0.4, -0.2) is 71.5 Å². The lowest BCUT2D eigenvalue weighted by Crippen LogP contribution is -2.46. The predicted molar refractivity (Wildman–Crippen MR) is 116 cm³/mol. The summed E-state index contributed by atoms with van der Waals surface area (Å²) in [5.74, 6) is -0.465. The van der Waals surface area contributed by atoms with E-state index in [2.05, 4.69) is 20.9 Å². The number of pyridine rings is 1. The van der Waals surface area contributed by atoms with Crippen molar-refractivity contribution in [2.45, 2.75) is 45.6 Å². The molecule has 3 heterocycles. The number of amides is 1. The molecular weight excluding hydrogens is 380 g/mol. The van der Waals surface area contributed by atoms with E-state index in [-0.39, 0.29) is 11.9 Å². The Morgan fingerprint density at radius 3 is 2.63 bits per heavy atom. The number of carbonyl (C=O) groups is 2. The van der Waals surface area contributed by atoms with E-state index in [9.17, 15) is 9.59 Å². The average molecular weight is 413 g/mol. The molecule has 162 valence electrons. The summed E-state index contributed by atoms with van der Waals surface area (Å²) < 4.78 is 4.90. The first-order chi connectivity index (χ1) is 14.5. The van der Waals surface area contributed by atoms with Crippen molar-refractivity contribution in [1.29, 1.82) is 0 Å². The summed E-state index contributed by atoms with van der Waals surface area (Å²) in [5, 5.41) is 0. The number of rotatable bonds is 7. The van der Waals surface area contributed by atoms with Gasteiger partial charge in [0.1, 0.15) is 5.69 Å². The number of hydrogen-bond donors (Lipinski definition) is 1. The Morgan fingerprint density at radius 1 is 1.30 bits per heavy atom. The molecule has 0 unspecified atom stereocenters.